The predicted molar refractivity (Wildman–Crippen MR) is 81.4 cm³/mol. The maximum atomic E-state index is 12.0. The summed E-state index contributed by atoms with van der Waals surface area (Å²) in [6, 6.07) is 1.85. The van der Waals surface area contributed by atoms with E-state index in [0.717, 1.165) is 31.9 Å². The van der Waals surface area contributed by atoms with E-state index in [4.69, 9.17) is 4.74 Å². The first kappa shape index (κ1) is 14.7. The van der Waals surface area contributed by atoms with Crippen molar-refractivity contribution in [2.75, 3.05) is 6.61 Å². The Hall–Kier alpha value is 0.290. The molecule has 5 heteroatoms. The van der Waals surface area contributed by atoms with Crippen LogP contribution < -0.4 is 0 Å². The topological polar surface area (TPSA) is 26.3 Å². The molecule has 0 N–H and O–H groups in total. The van der Waals surface area contributed by atoms with Crippen LogP contribution in [0.2, 0.25) is 0 Å². The lowest BCUT2D eigenvalue weighted by atomic mass is 9.89. The minimum absolute atomic E-state index is 0.0575. The second-order valence-electron chi connectivity index (χ2n) is 4.87. The fraction of sp³-hybridized carbons (Fsp3) is 0.615. The third-order valence-electron chi connectivity index (χ3n) is 3.30. The molecule has 2 unspecified atom stereocenters. The van der Waals surface area contributed by atoms with Gasteiger partial charge in [-0.15, -0.1) is 11.3 Å². The Balaban J connectivity index is 1.86. The number of carbonyl (C=O) groups is 1. The fourth-order valence-electron chi connectivity index (χ4n) is 2.33. The van der Waals surface area contributed by atoms with Crippen molar-refractivity contribution >= 4 is 49.0 Å². The Labute approximate surface area is 128 Å². The molecule has 1 aromatic rings. The summed E-state index contributed by atoms with van der Waals surface area (Å²) >= 11 is 8.30. The molecule has 0 saturated heterocycles. The van der Waals surface area contributed by atoms with Crippen molar-refractivity contribution in [3.63, 3.8) is 0 Å². The molecule has 0 amide bonds. The largest absolute Gasteiger partial charge is 0.370 e. The van der Waals surface area contributed by atoms with E-state index in [0.29, 0.717) is 0 Å². The number of halogens is 2. The highest BCUT2D eigenvalue weighted by molar-refractivity contribution is 9.12. The quantitative estimate of drug-likeness (QED) is 0.666. The van der Waals surface area contributed by atoms with Crippen LogP contribution in [0.4, 0.5) is 0 Å². The minimum atomic E-state index is 0.0575. The van der Waals surface area contributed by atoms with Gasteiger partial charge in [-0.05, 0) is 56.7 Å². The van der Waals surface area contributed by atoms with Crippen molar-refractivity contribution in [3.8, 4) is 0 Å². The van der Waals surface area contributed by atoms with Gasteiger partial charge in [-0.3, -0.25) is 4.79 Å². The zero-order chi connectivity index (χ0) is 13.1. The van der Waals surface area contributed by atoms with Crippen LogP contribution >= 0.6 is 43.2 Å². The van der Waals surface area contributed by atoms with E-state index in [9.17, 15) is 4.79 Å². The van der Waals surface area contributed by atoms with E-state index in [1.54, 1.807) is 0 Å². The molecule has 0 aromatic carbocycles. The molecule has 0 radical (unpaired) electrons. The van der Waals surface area contributed by atoms with Crippen molar-refractivity contribution in [2.24, 2.45) is 5.92 Å². The van der Waals surface area contributed by atoms with Gasteiger partial charge in [-0.2, -0.15) is 0 Å². The van der Waals surface area contributed by atoms with E-state index in [1.165, 1.54) is 24.2 Å². The molecule has 0 spiro atoms. The molecule has 0 aliphatic heterocycles. The molecule has 18 heavy (non-hydrogen) atoms. The number of ketones is 1. The molecule has 1 heterocycles. The molecule has 100 valence electrons. The van der Waals surface area contributed by atoms with Gasteiger partial charge in [0.25, 0.3) is 0 Å². The molecule has 1 aliphatic carbocycles. The molecule has 2 atom stereocenters. The summed E-state index contributed by atoms with van der Waals surface area (Å²) < 4.78 is 7.59. The van der Waals surface area contributed by atoms with Gasteiger partial charge in [-0.25, -0.2) is 0 Å². The molecule has 2 rings (SSSR count). The van der Waals surface area contributed by atoms with Crippen molar-refractivity contribution in [2.45, 2.75) is 38.7 Å². The number of hydrogen-bond acceptors (Lipinski definition) is 3. The number of ether oxygens (including phenoxy) is 1. The van der Waals surface area contributed by atoms with E-state index >= 15 is 0 Å². The minimum Gasteiger partial charge on any atom is -0.370 e. The second kappa shape index (κ2) is 6.64. The van der Waals surface area contributed by atoms with Crippen LogP contribution in [0.15, 0.2) is 13.6 Å². The third-order valence-corrected chi connectivity index (χ3v) is 5.63. The second-order valence-corrected chi connectivity index (χ2v) is 8.62. The Morgan fingerprint density at radius 2 is 2.28 bits per heavy atom. The molecule has 2 nitrogen and oxygen atoms in total. The molecular formula is C13H16Br2O2S. The first-order chi connectivity index (χ1) is 8.56. The Bertz CT molecular complexity index is 431. The van der Waals surface area contributed by atoms with Gasteiger partial charge < -0.3 is 4.74 Å². The van der Waals surface area contributed by atoms with Crippen molar-refractivity contribution in [1.82, 2.24) is 0 Å². The monoisotopic (exact) mass is 394 g/mol. The highest BCUT2D eigenvalue weighted by Crippen LogP contribution is 2.32. The van der Waals surface area contributed by atoms with Gasteiger partial charge >= 0.3 is 0 Å². The SMILES string of the molecule is CC1CCCC(OCC(=O)c2cc(Br)sc2Br)C1. The summed E-state index contributed by atoms with van der Waals surface area (Å²) in [6.45, 7) is 2.45. The standard InChI is InChI=1S/C13H16Br2O2S/c1-8-3-2-4-9(5-8)17-7-11(16)10-6-12(14)18-13(10)15/h6,8-9H,2-5,7H2,1H3. The van der Waals surface area contributed by atoms with Gasteiger partial charge in [-0.1, -0.05) is 19.8 Å². The smallest absolute Gasteiger partial charge is 0.190 e. The number of rotatable bonds is 4. The average Bonchev–Trinajstić information content (AvgIpc) is 2.66. The van der Waals surface area contributed by atoms with E-state index in [1.807, 2.05) is 6.07 Å². The molecular weight excluding hydrogens is 380 g/mol. The van der Waals surface area contributed by atoms with Crippen molar-refractivity contribution in [1.29, 1.82) is 0 Å². The summed E-state index contributed by atoms with van der Waals surface area (Å²) in [7, 11) is 0. The third kappa shape index (κ3) is 3.89. The van der Waals surface area contributed by atoms with Crippen molar-refractivity contribution in [3.05, 3.63) is 19.2 Å². The maximum absolute atomic E-state index is 12.0. The van der Waals surface area contributed by atoms with Crippen LogP contribution in [-0.2, 0) is 4.74 Å². The van der Waals surface area contributed by atoms with Crippen LogP contribution in [-0.4, -0.2) is 18.5 Å². The Morgan fingerprint density at radius 3 is 2.89 bits per heavy atom. The number of carbonyl (C=O) groups excluding carboxylic acids is 1. The molecule has 1 aliphatic rings. The van der Waals surface area contributed by atoms with Gasteiger partial charge in [0.2, 0.25) is 0 Å². The zero-order valence-electron chi connectivity index (χ0n) is 10.2. The summed E-state index contributed by atoms with van der Waals surface area (Å²) in [6.07, 6.45) is 4.94. The average molecular weight is 396 g/mol. The summed E-state index contributed by atoms with van der Waals surface area (Å²) in [5, 5.41) is 0. The first-order valence-corrected chi connectivity index (χ1v) is 8.56. The lowest BCUT2D eigenvalue weighted by Crippen LogP contribution is -2.24. The fourth-order valence-corrected chi connectivity index (χ4v) is 5.19. The van der Waals surface area contributed by atoms with E-state index in [-0.39, 0.29) is 18.5 Å². The van der Waals surface area contributed by atoms with E-state index < -0.39 is 0 Å². The molecule has 0 bridgehead atoms. The first-order valence-electron chi connectivity index (χ1n) is 6.16. The molecule has 1 saturated carbocycles. The predicted octanol–water partition coefficient (Wildman–Crippen LogP) is 5.05. The van der Waals surface area contributed by atoms with Gasteiger partial charge in [0.15, 0.2) is 5.78 Å². The summed E-state index contributed by atoms with van der Waals surface area (Å²) in [5.74, 6) is 0.780. The van der Waals surface area contributed by atoms with Gasteiger partial charge in [0.1, 0.15) is 6.61 Å². The summed E-state index contributed by atoms with van der Waals surface area (Å²) in [5.41, 5.74) is 0.718. The lowest BCUT2D eigenvalue weighted by molar-refractivity contribution is 0.0182. The zero-order valence-corrected chi connectivity index (χ0v) is 14.2. The lowest BCUT2D eigenvalue weighted by Gasteiger charge is -2.26. The van der Waals surface area contributed by atoms with Gasteiger partial charge in [0.05, 0.1) is 13.7 Å². The van der Waals surface area contributed by atoms with Crippen molar-refractivity contribution < 1.29 is 9.53 Å². The number of hydrogen-bond donors (Lipinski definition) is 0. The van der Waals surface area contributed by atoms with Crippen LogP contribution in [0, 0.1) is 5.92 Å². The van der Waals surface area contributed by atoms with Crippen LogP contribution in [0.1, 0.15) is 43.0 Å². The summed E-state index contributed by atoms with van der Waals surface area (Å²) in [4.78, 5) is 12.0. The van der Waals surface area contributed by atoms with Gasteiger partial charge in [0, 0.05) is 5.56 Å². The highest BCUT2D eigenvalue weighted by atomic mass is 79.9. The molecule has 1 fully saturated rings. The van der Waals surface area contributed by atoms with Crippen LogP contribution in [0.25, 0.3) is 0 Å². The maximum Gasteiger partial charge on any atom is 0.190 e. The highest BCUT2D eigenvalue weighted by Gasteiger charge is 2.21. The van der Waals surface area contributed by atoms with Crippen LogP contribution in [0.5, 0.6) is 0 Å². The Morgan fingerprint density at radius 1 is 1.50 bits per heavy atom. The van der Waals surface area contributed by atoms with Crippen LogP contribution in [0.3, 0.4) is 0 Å². The van der Waals surface area contributed by atoms with E-state index in [2.05, 4.69) is 38.8 Å². The molecule has 1 aromatic heterocycles. The number of Topliss-reactive ketones (excluding diaryl/α,β-unsaturated/α-hetero) is 1. The number of thiophene rings is 1. The normalized spacial score (nSPS) is 24.2. The Kier molecular flexibility index (Phi) is 5.42.